The van der Waals surface area contributed by atoms with Gasteiger partial charge in [-0.05, 0) is 37.0 Å². The van der Waals surface area contributed by atoms with Gasteiger partial charge in [0.15, 0.2) is 0 Å². The van der Waals surface area contributed by atoms with E-state index >= 15 is 0 Å². The first-order valence-electron chi connectivity index (χ1n) is 9.24. The van der Waals surface area contributed by atoms with Crippen LogP contribution in [0.3, 0.4) is 0 Å². The molecule has 0 spiro atoms. The molecule has 1 aromatic carbocycles. The lowest BCUT2D eigenvalue weighted by Gasteiger charge is -2.05. The third-order valence-electron chi connectivity index (χ3n) is 4.18. The van der Waals surface area contributed by atoms with Crippen LogP contribution in [0.4, 0.5) is 0 Å². The molecule has 3 rings (SSSR count). The Morgan fingerprint density at radius 1 is 1.12 bits per heavy atom. The van der Waals surface area contributed by atoms with Crippen molar-refractivity contribution in [3.8, 4) is 6.07 Å². The fraction of sp³-hybridized carbons (Fsp3) is 0.364. The van der Waals surface area contributed by atoms with Crippen molar-refractivity contribution >= 4 is 11.0 Å². The highest BCUT2D eigenvalue weighted by atomic mass is 16.5. The molecular weight excluding hydrogens is 322 g/mol. The molecule has 0 atom stereocenters. The van der Waals surface area contributed by atoms with Gasteiger partial charge >= 0.3 is 0 Å². The van der Waals surface area contributed by atoms with Crippen LogP contribution in [-0.4, -0.2) is 16.2 Å². The molecule has 0 aliphatic rings. The van der Waals surface area contributed by atoms with Crippen molar-refractivity contribution in [1.82, 2.24) is 9.55 Å². The maximum Gasteiger partial charge on any atom is 0.139 e. The van der Waals surface area contributed by atoms with E-state index in [4.69, 9.17) is 10.00 Å². The van der Waals surface area contributed by atoms with Crippen molar-refractivity contribution in [2.45, 2.75) is 39.7 Å². The Hall–Kier alpha value is -2.64. The van der Waals surface area contributed by atoms with E-state index in [2.05, 4.69) is 33.8 Å². The Bertz CT molecular complexity index is 847. The minimum atomic E-state index is 0.606. The summed E-state index contributed by atoms with van der Waals surface area (Å²) < 4.78 is 7.83. The zero-order valence-corrected chi connectivity index (χ0v) is 15.9. The highest BCUT2D eigenvalue weighted by Gasteiger charge is 2.07. The number of benzene rings is 1. The zero-order valence-electron chi connectivity index (χ0n) is 15.9. The first-order chi connectivity index (χ1) is 12.8. The van der Waals surface area contributed by atoms with Crippen molar-refractivity contribution in [2.75, 3.05) is 6.61 Å². The van der Waals surface area contributed by atoms with E-state index in [1.807, 2.05) is 45.2 Å². The Morgan fingerprint density at radius 3 is 2.62 bits per heavy atom. The lowest BCUT2D eigenvalue weighted by Crippen LogP contribution is -2.00. The van der Waals surface area contributed by atoms with Gasteiger partial charge in [0.25, 0.3) is 0 Å². The Morgan fingerprint density at radius 2 is 1.88 bits per heavy atom. The van der Waals surface area contributed by atoms with Crippen molar-refractivity contribution < 1.29 is 4.74 Å². The number of nitrogens with zero attached hydrogens (tertiary/aromatic N) is 3. The second-order valence-electron chi connectivity index (χ2n) is 5.94. The van der Waals surface area contributed by atoms with Gasteiger partial charge in [-0.2, -0.15) is 5.26 Å². The summed E-state index contributed by atoms with van der Waals surface area (Å²) >= 11 is 0. The number of fused-ring (bicyclic) bond motifs is 1. The lowest BCUT2D eigenvalue weighted by molar-refractivity contribution is 0.117. The average molecular weight is 349 g/mol. The van der Waals surface area contributed by atoms with Crippen molar-refractivity contribution in [3.63, 3.8) is 0 Å². The number of nitriles is 1. The Labute approximate surface area is 156 Å². The zero-order chi connectivity index (χ0) is 18.8. The summed E-state index contributed by atoms with van der Waals surface area (Å²) in [4.78, 5) is 4.38. The molecule has 136 valence electrons. The number of ether oxygens (including phenoxy) is 1. The standard InChI is InChI=1S/C20H21N3O.C2H6/c1-23-19(12-18-11-17(13-21)14-22-20(18)23)9-5-6-10-24-15-16-7-3-2-4-8-16;1-2/h2-4,7-8,11-12,14H,5-6,9-10,15H2,1H3;1-2H3. The molecule has 0 bridgehead atoms. The minimum absolute atomic E-state index is 0.606. The quantitative estimate of drug-likeness (QED) is 0.563. The van der Waals surface area contributed by atoms with Gasteiger partial charge in [-0.1, -0.05) is 44.2 Å². The predicted molar refractivity (Wildman–Crippen MR) is 106 cm³/mol. The van der Waals surface area contributed by atoms with E-state index in [1.54, 1.807) is 6.20 Å². The molecule has 26 heavy (non-hydrogen) atoms. The second kappa shape index (κ2) is 10.4. The fourth-order valence-electron chi connectivity index (χ4n) is 2.85. The fourth-order valence-corrected chi connectivity index (χ4v) is 2.85. The van der Waals surface area contributed by atoms with Gasteiger partial charge in [0.1, 0.15) is 11.7 Å². The summed E-state index contributed by atoms with van der Waals surface area (Å²) in [6.45, 7) is 5.45. The third kappa shape index (κ3) is 5.18. The highest BCUT2D eigenvalue weighted by Crippen LogP contribution is 2.19. The SMILES string of the molecule is CC.Cn1c(CCCCOCc2ccccc2)cc2cc(C#N)cnc21. The first kappa shape index (κ1) is 19.7. The van der Waals surface area contributed by atoms with Crippen LogP contribution in [0.2, 0.25) is 0 Å². The largest absolute Gasteiger partial charge is 0.377 e. The smallest absolute Gasteiger partial charge is 0.139 e. The molecule has 4 nitrogen and oxygen atoms in total. The summed E-state index contributed by atoms with van der Waals surface area (Å²) in [6, 6.07) is 16.4. The van der Waals surface area contributed by atoms with Crippen molar-refractivity contribution in [1.29, 1.82) is 5.26 Å². The number of aromatic nitrogens is 2. The molecule has 0 N–H and O–H groups in total. The van der Waals surface area contributed by atoms with Crippen LogP contribution in [0, 0.1) is 11.3 Å². The molecule has 0 unspecified atom stereocenters. The van der Waals surface area contributed by atoms with E-state index < -0.39 is 0 Å². The summed E-state index contributed by atoms with van der Waals surface area (Å²) in [7, 11) is 2.03. The van der Waals surface area contributed by atoms with Gasteiger partial charge in [-0.25, -0.2) is 4.98 Å². The van der Waals surface area contributed by atoms with Gasteiger partial charge in [-0.3, -0.25) is 0 Å². The van der Waals surface area contributed by atoms with Crippen molar-refractivity contribution in [2.24, 2.45) is 7.05 Å². The number of aryl methyl sites for hydroxylation is 2. The number of rotatable bonds is 7. The van der Waals surface area contributed by atoms with Crippen LogP contribution in [-0.2, 0) is 24.8 Å². The van der Waals surface area contributed by atoms with Gasteiger partial charge in [0.2, 0.25) is 0 Å². The Kier molecular flexibility index (Phi) is 7.85. The van der Waals surface area contributed by atoms with Crippen LogP contribution in [0.5, 0.6) is 0 Å². The molecule has 0 radical (unpaired) electrons. The van der Waals surface area contributed by atoms with Crippen LogP contribution < -0.4 is 0 Å². The molecular formula is C22H27N3O. The van der Waals surface area contributed by atoms with Crippen LogP contribution >= 0.6 is 0 Å². The second-order valence-corrected chi connectivity index (χ2v) is 5.94. The predicted octanol–water partition coefficient (Wildman–Crippen LogP) is 5.01. The van der Waals surface area contributed by atoms with Gasteiger partial charge in [0, 0.05) is 30.9 Å². The molecule has 0 saturated carbocycles. The Balaban J connectivity index is 0.00000117. The molecule has 2 aromatic heterocycles. The number of hydrogen-bond donors (Lipinski definition) is 0. The molecule has 0 aliphatic carbocycles. The van der Waals surface area contributed by atoms with Gasteiger partial charge in [-0.15, -0.1) is 0 Å². The molecule has 4 heteroatoms. The number of unbranched alkanes of at least 4 members (excludes halogenated alkanes) is 1. The highest BCUT2D eigenvalue weighted by molar-refractivity contribution is 5.78. The molecule has 0 aliphatic heterocycles. The van der Waals surface area contributed by atoms with E-state index in [-0.39, 0.29) is 0 Å². The van der Waals surface area contributed by atoms with E-state index in [0.717, 1.165) is 36.9 Å². The molecule has 0 amide bonds. The maximum absolute atomic E-state index is 8.97. The third-order valence-corrected chi connectivity index (χ3v) is 4.18. The summed E-state index contributed by atoms with van der Waals surface area (Å²) in [6.07, 6.45) is 4.72. The van der Waals surface area contributed by atoms with E-state index in [1.165, 1.54) is 11.3 Å². The molecule has 0 saturated heterocycles. The van der Waals surface area contributed by atoms with E-state index in [9.17, 15) is 0 Å². The van der Waals surface area contributed by atoms with Crippen LogP contribution in [0.15, 0.2) is 48.7 Å². The normalized spacial score (nSPS) is 10.2. The summed E-state index contributed by atoms with van der Waals surface area (Å²) in [5.74, 6) is 0. The average Bonchev–Trinajstić information content (AvgIpc) is 3.02. The topological polar surface area (TPSA) is 50.8 Å². The summed E-state index contributed by atoms with van der Waals surface area (Å²) in [5, 5.41) is 10.0. The number of hydrogen-bond acceptors (Lipinski definition) is 3. The lowest BCUT2D eigenvalue weighted by atomic mass is 10.2. The molecule has 2 heterocycles. The first-order valence-corrected chi connectivity index (χ1v) is 9.24. The monoisotopic (exact) mass is 349 g/mol. The molecule has 0 fully saturated rings. The minimum Gasteiger partial charge on any atom is -0.377 e. The maximum atomic E-state index is 8.97. The number of pyridine rings is 1. The van der Waals surface area contributed by atoms with Gasteiger partial charge < -0.3 is 9.30 Å². The van der Waals surface area contributed by atoms with Gasteiger partial charge in [0.05, 0.1) is 12.2 Å². The van der Waals surface area contributed by atoms with Crippen molar-refractivity contribution in [3.05, 3.63) is 65.5 Å². The van der Waals surface area contributed by atoms with E-state index in [0.29, 0.717) is 12.2 Å². The molecule has 3 aromatic rings. The van der Waals surface area contributed by atoms with Crippen LogP contribution in [0.25, 0.3) is 11.0 Å². The summed E-state index contributed by atoms with van der Waals surface area (Å²) in [5.41, 5.74) is 4.00. The van der Waals surface area contributed by atoms with Crippen LogP contribution in [0.1, 0.15) is 43.5 Å².